The number of carboxylic acids is 1. The fourth-order valence-corrected chi connectivity index (χ4v) is 2.90. The first-order valence-electron chi connectivity index (χ1n) is 8.58. The van der Waals surface area contributed by atoms with Crippen molar-refractivity contribution in [2.75, 3.05) is 31.6 Å². The number of carbonyl (C=O) groups excluding carboxylic acids is 2. The lowest BCUT2D eigenvalue weighted by molar-refractivity contribution is -0.142. The van der Waals surface area contributed by atoms with E-state index in [1.54, 1.807) is 18.2 Å². The number of amides is 3. The Balaban J connectivity index is 2.13. The molecule has 1 heterocycles. The maximum Gasteiger partial charge on any atom is 0.322 e. The van der Waals surface area contributed by atoms with E-state index in [4.69, 9.17) is 4.74 Å². The first kappa shape index (κ1) is 19.6. The van der Waals surface area contributed by atoms with Gasteiger partial charge in [0.1, 0.15) is 5.75 Å². The second-order valence-corrected chi connectivity index (χ2v) is 6.64. The third-order valence-corrected chi connectivity index (χ3v) is 4.20. The first-order valence-corrected chi connectivity index (χ1v) is 8.58. The summed E-state index contributed by atoms with van der Waals surface area (Å²) >= 11 is 0. The van der Waals surface area contributed by atoms with Crippen LogP contribution in [0.25, 0.3) is 0 Å². The number of anilines is 1. The Morgan fingerprint density at radius 1 is 1.38 bits per heavy atom. The molecule has 0 radical (unpaired) electrons. The maximum atomic E-state index is 12.4. The number of ether oxygens (including phenoxy) is 1. The summed E-state index contributed by atoms with van der Waals surface area (Å²) in [5, 5.41) is 14.6. The van der Waals surface area contributed by atoms with Gasteiger partial charge in [-0.15, -0.1) is 0 Å². The van der Waals surface area contributed by atoms with Crippen LogP contribution in [-0.4, -0.2) is 49.8 Å². The van der Waals surface area contributed by atoms with Crippen molar-refractivity contribution in [1.82, 2.24) is 10.6 Å². The Morgan fingerprint density at radius 2 is 2.12 bits per heavy atom. The average molecular weight is 363 g/mol. The number of benzene rings is 1. The molecule has 1 aliphatic rings. The summed E-state index contributed by atoms with van der Waals surface area (Å²) in [7, 11) is 1.50. The number of rotatable bonds is 8. The average Bonchev–Trinajstić information content (AvgIpc) is 3.03. The SMILES string of the molecule is COc1ccc(C(=O)NCC(CC(C)C)C(=O)O)cc1N1CCNC1=O. The molecule has 0 spiro atoms. The zero-order valence-corrected chi connectivity index (χ0v) is 15.2. The number of aliphatic carboxylic acids is 1. The molecule has 0 aliphatic carbocycles. The van der Waals surface area contributed by atoms with Crippen LogP contribution in [-0.2, 0) is 4.79 Å². The van der Waals surface area contributed by atoms with Gasteiger partial charge >= 0.3 is 12.0 Å². The van der Waals surface area contributed by atoms with Crippen LogP contribution in [0.3, 0.4) is 0 Å². The van der Waals surface area contributed by atoms with Gasteiger partial charge in [-0.2, -0.15) is 0 Å². The monoisotopic (exact) mass is 363 g/mol. The van der Waals surface area contributed by atoms with Crippen molar-refractivity contribution in [2.24, 2.45) is 11.8 Å². The molecule has 0 saturated carbocycles. The van der Waals surface area contributed by atoms with Crippen LogP contribution in [0.15, 0.2) is 18.2 Å². The van der Waals surface area contributed by atoms with Crippen molar-refractivity contribution in [3.63, 3.8) is 0 Å². The molecule has 26 heavy (non-hydrogen) atoms. The fourth-order valence-electron chi connectivity index (χ4n) is 2.90. The lowest BCUT2D eigenvalue weighted by atomic mass is 9.97. The summed E-state index contributed by atoms with van der Waals surface area (Å²) in [6.07, 6.45) is 0.484. The molecule has 1 atom stereocenters. The molecule has 0 bridgehead atoms. The zero-order chi connectivity index (χ0) is 19.3. The second kappa shape index (κ2) is 8.55. The van der Waals surface area contributed by atoms with Crippen LogP contribution in [0.5, 0.6) is 5.75 Å². The van der Waals surface area contributed by atoms with Crippen LogP contribution < -0.4 is 20.3 Å². The molecule has 1 saturated heterocycles. The molecule has 3 amide bonds. The minimum atomic E-state index is -0.928. The Kier molecular flexibility index (Phi) is 6.43. The lowest BCUT2D eigenvalue weighted by Gasteiger charge is -2.19. The van der Waals surface area contributed by atoms with Gasteiger partial charge in [0.05, 0.1) is 18.7 Å². The molecule has 0 aromatic heterocycles. The minimum Gasteiger partial charge on any atom is -0.495 e. The Bertz CT molecular complexity index is 689. The Labute approximate surface area is 152 Å². The number of nitrogens with one attached hydrogen (secondary N) is 2. The normalized spacial score (nSPS) is 14.9. The third kappa shape index (κ3) is 4.65. The third-order valence-electron chi connectivity index (χ3n) is 4.20. The molecule has 3 N–H and O–H groups in total. The molecule has 8 nitrogen and oxygen atoms in total. The van der Waals surface area contributed by atoms with Gasteiger partial charge in [0.25, 0.3) is 5.91 Å². The molecular weight excluding hydrogens is 338 g/mol. The zero-order valence-electron chi connectivity index (χ0n) is 15.2. The number of hydrogen-bond acceptors (Lipinski definition) is 4. The van der Waals surface area contributed by atoms with Crippen molar-refractivity contribution < 1.29 is 24.2 Å². The molecule has 1 aliphatic heterocycles. The summed E-state index contributed by atoms with van der Waals surface area (Å²) in [5.74, 6) is -1.25. The van der Waals surface area contributed by atoms with Crippen molar-refractivity contribution in [3.8, 4) is 5.75 Å². The summed E-state index contributed by atoms with van der Waals surface area (Å²) in [6.45, 7) is 4.94. The highest BCUT2D eigenvalue weighted by molar-refractivity contribution is 6.00. The van der Waals surface area contributed by atoms with E-state index in [9.17, 15) is 19.5 Å². The van der Waals surface area contributed by atoms with Crippen molar-refractivity contribution >= 4 is 23.6 Å². The van der Waals surface area contributed by atoms with Crippen LogP contribution in [0.4, 0.5) is 10.5 Å². The highest BCUT2D eigenvalue weighted by Gasteiger charge is 2.25. The fraction of sp³-hybridized carbons (Fsp3) is 0.500. The standard InChI is InChI=1S/C18H25N3O5/c1-11(2)8-13(17(23)24)10-20-16(22)12-4-5-15(26-3)14(9-12)21-7-6-19-18(21)25/h4-5,9,11,13H,6-8,10H2,1-3H3,(H,19,25)(H,20,22)(H,23,24). The van der Waals surface area contributed by atoms with Crippen LogP contribution >= 0.6 is 0 Å². The van der Waals surface area contributed by atoms with Crippen LogP contribution in [0.2, 0.25) is 0 Å². The number of methoxy groups -OCH3 is 1. The van der Waals surface area contributed by atoms with Gasteiger partial charge < -0.3 is 20.5 Å². The number of urea groups is 1. The van der Waals surface area contributed by atoms with Gasteiger partial charge in [0.15, 0.2) is 0 Å². The molecule has 8 heteroatoms. The van der Waals surface area contributed by atoms with Gasteiger partial charge in [-0.25, -0.2) is 4.79 Å². The number of nitrogens with zero attached hydrogens (tertiary/aromatic N) is 1. The van der Waals surface area contributed by atoms with Crippen molar-refractivity contribution in [2.45, 2.75) is 20.3 Å². The molecule has 142 valence electrons. The molecule has 2 rings (SSSR count). The summed E-state index contributed by atoms with van der Waals surface area (Å²) < 4.78 is 5.28. The van der Waals surface area contributed by atoms with E-state index in [2.05, 4.69) is 10.6 Å². The maximum absolute atomic E-state index is 12.4. The van der Waals surface area contributed by atoms with Crippen LogP contribution in [0, 0.1) is 11.8 Å². The largest absolute Gasteiger partial charge is 0.495 e. The van der Waals surface area contributed by atoms with E-state index in [1.807, 2.05) is 13.8 Å². The van der Waals surface area contributed by atoms with Gasteiger partial charge in [-0.1, -0.05) is 13.8 Å². The molecule has 1 aromatic carbocycles. The predicted molar refractivity (Wildman–Crippen MR) is 96.7 cm³/mol. The van der Waals surface area contributed by atoms with E-state index in [1.165, 1.54) is 12.0 Å². The van der Waals surface area contributed by atoms with E-state index in [0.717, 1.165) is 0 Å². The summed E-state index contributed by atoms with van der Waals surface area (Å²) in [6, 6.07) is 4.54. The highest BCUT2D eigenvalue weighted by Crippen LogP contribution is 2.30. The van der Waals surface area contributed by atoms with Gasteiger partial charge in [-0.05, 0) is 30.5 Å². The van der Waals surface area contributed by atoms with Crippen molar-refractivity contribution in [3.05, 3.63) is 23.8 Å². The van der Waals surface area contributed by atoms with Gasteiger partial charge in [0, 0.05) is 25.2 Å². The van der Waals surface area contributed by atoms with E-state index < -0.39 is 11.9 Å². The number of carboxylic acid groups (broad SMARTS) is 1. The summed E-state index contributed by atoms with van der Waals surface area (Å²) in [4.78, 5) is 37.2. The molecule has 1 aromatic rings. The second-order valence-electron chi connectivity index (χ2n) is 6.64. The smallest absolute Gasteiger partial charge is 0.322 e. The quantitative estimate of drug-likeness (QED) is 0.651. The van der Waals surface area contributed by atoms with E-state index in [0.29, 0.717) is 36.5 Å². The van der Waals surface area contributed by atoms with E-state index in [-0.39, 0.29) is 24.4 Å². The topological polar surface area (TPSA) is 108 Å². The van der Waals surface area contributed by atoms with Crippen LogP contribution in [0.1, 0.15) is 30.6 Å². The van der Waals surface area contributed by atoms with E-state index >= 15 is 0 Å². The van der Waals surface area contributed by atoms with Gasteiger partial charge in [0.2, 0.25) is 0 Å². The summed E-state index contributed by atoms with van der Waals surface area (Å²) in [5.41, 5.74) is 0.848. The van der Waals surface area contributed by atoms with Crippen molar-refractivity contribution in [1.29, 1.82) is 0 Å². The first-order chi connectivity index (χ1) is 12.3. The Hall–Kier alpha value is -2.77. The molecular formula is C18H25N3O5. The predicted octanol–water partition coefficient (Wildman–Crippen LogP) is 1.70. The highest BCUT2D eigenvalue weighted by atomic mass is 16.5. The number of hydrogen-bond donors (Lipinski definition) is 3. The van der Waals surface area contributed by atoms with Gasteiger partial charge in [-0.3, -0.25) is 14.5 Å². The molecule has 1 fully saturated rings. The minimum absolute atomic E-state index is 0.0535. The Morgan fingerprint density at radius 3 is 2.65 bits per heavy atom. The molecule has 1 unspecified atom stereocenters. The number of carbonyl (C=O) groups is 3. The lowest BCUT2D eigenvalue weighted by Crippen LogP contribution is -2.34.